The number of aromatic nitrogens is 4. The number of morpholine rings is 1. The maximum atomic E-state index is 12.2. The van der Waals surface area contributed by atoms with E-state index in [9.17, 15) is 8.42 Å². The Morgan fingerprint density at radius 2 is 1.94 bits per heavy atom. The van der Waals surface area contributed by atoms with Crippen molar-refractivity contribution in [2.24, 2.45) is 0 Å². The number of nitrogens with zero attached hydrogens (tertiary/aromatic N) is 4. The fourth-order valence-electron chi connectivity index (χ4n) is 3.47. The summed E-state index contributed by atoms with van der Waals surface area (Å²) in [5, 5.41) is 21.8. The smallest absolute Gasteiger partial charge is 0.231 e. The Labute approximate surface area is 191 Å². The van der Waals surface area contributed by atoms with Gasteiger partial charge in [-0.25, -0.2) is 8.42 Å². The Morgan fingerprint density at radius 1 is 1.18 bits per heavy atom. The maximum Gasteiger partial charge on any atom is 0.231 e. The van der Waals surface area contributed by atoms with Crippen molar-refractivity contribution in [2.75, 3.05) is 74.5 Å². The van der Waals surface area contributed by atoms with E-state index in [2.05, 4.69) is 35.7 Å². The monoisotopic (exact) mass is 477 g/mol. The van der Waals surface area contributed by atoms with E-state index in [1.54, 1.807) is 0 Å². The molecule has 0 saturated carbocycles. The van der Waals surface area contributed by atoms with Crippen molar-refractivity contribution < 1.29 is 23.0 Å². The lowest BCUT2D eigenvalue weighted by Gasteiger charge is -2.28. The summed E-state index contributed by atoms with van der Waals surface area (Å²) in [6, 6.07) is 7.90. The lowest BCUT2D eigenvalue weighted by Crippen LogP contribution is -2.36. The topological polar surface area (TPSA) is 155 Å². The van der Waals surface area contributed by atoms with E-state index in [0.717, 1.165) is 30.7 Å². The third-order valence-electron chi connectivity index (χ3n) is 5.01. The van der Waals surface area contributed by atoms with Crippen LogP contribution < -0.4 is 15.5 Å². The number of fused-ring (bicyclic) bond motifs is 1. The van der Waals surface area contributed by atoms with Crippen molar-refractivity contribution in [1.29, 1.82) is 0 Å². The first kappa shape index (κ1) is 23.2. The maximum absolute atomic E-state index is 12.2. The molecule has 3 heterocycles. The van der Waals surface area contributed by atoms with Crippen LogP contribution in [0.3, 0.4) is 0 Å². The number of hydrogen-bond donors (Lipinski definition) is 4. The minimum atomic E-state index is -3.60. The number of rotatable bonds is 10. The summed E-state index contributed by atoms with van der Waals surface area (Å²) in [7, 11) is -3.60. The van der Waals surface area contributed by atoms with Gasteiger partial charge < -0.3 is 30.1 Å². The summed E-state index contributed by atoms with van der Waals surface area (Å²) in [5.41, 5.74) is 2.18. The van der Waals surface area contributed by atoms with Crippen LogP contribution in [0.1, 0.15) is 0 Å². The summed E-state index contributed by atoms with van der Waals surface area (Å²) in [5.74, 6) is 0.596. The number of sulfone groups is 1. The third-order valence-corrected chi connectivity index (χ3v) is 6.01. The Bertz CT molecular complexity index is 1180. The molecule has 0 radical (unpaired) electrons. The molecule has 1 aliphatic heterocycles. The highest BCUT2D eigenvalue weighted by molar-refractivity contribution is 7.90. The molecule has 33 heavy (non-hydrogen) atoms. The zero-order chi connectivity index (χ0) is 23.3. The molecule has 2 aromatic heterocycles. The lowest BCUT2D eigenvalue weighted by molar-refractivity contribution is 0.0992. The van der Waals surface area contributed by atoms with Crippen LogP contribution in [-0.4, -0.2) is 92.6 Å². The molecule has 0 spiro atoms. The van der Waals surface area contributed by atoms with E-state index in [4.69, 9.17) is 14.6 Å². The molecular weight excluding hydrogens is 450 g/mol. The van der Waals surface area contributed by atoms with E-state index in [-0.39, 0.29) is 35.2 Å². The van der Waals surface area contributed by atoms with E-state index in [1.807, 2.05) is 24.3 Å². The number of aromatic amines is 1. The number of benzene rings is 1. The molecule has 13 heteroatoms. The lowest BCUT2D eigenvalue weighted by atomic mass is 10.2. The summed E-state index contributed by atoms with van der Waals surface area (Å²) < 4.78 is 35.0. The molecule has 12 nitrogen and oxygen atoms in total. The Hall–Kier alpha value is -3.00. The summed E-state index contributed by atoms with van der Waals surface area (Å²) in [6.45, 7) is 3.95. The van der Waals surface area contributed by atoms with Crippen molar-refractivity contribution in [2.45, 2.75) is 5.03 Å². The van der Waals surface area contributed by atoms with Crippen molar-refractivity contribution in [3.8, 4) is 0 Å². The Balaban J connectivity index is 1.57. The van der Waals surface area contributed by atoms with Crippen molar-refractivity contribution >= 4 is 44.0 Å². The van der Waals surface area contributed by atoms with E-state index in [0.29, 0.717) is 32.2 Å². The van der Waals surface area contributed by atoms with Crippen LogP contribution in [0, 0.1) is 0 Å². The minimum Gasteiger partial charge on any atom is -0.394 e. The van der Waals surface area contributed by atoms with E-state index >= 15 is 0 Å². The van der Waals surface area contributed by atoms with Crippen LogP contribution in [-0.2, 0) is 19.3 Å². The average Bonchev–Trinajstić information content (AvgIpc) is 3.25. The fourth-order valence-corrected chi connectivity index (χ4v) is 4.25. The second kappa shape index (κ2) is 10.3. The Morgan fingerprint density at radius 3 is 2.64 bits per heavy atom. The number of ether oxygens (including phenoxy) is 2. The summed E-state index contributed by atoms with van der Waals surface area (Å²) in [6.07, 6.45) is 1.08. The van der Waals surface area contributed by atoms with Gasteiger partial charge in [0.2, 0.25) is 5.95 Å². The van der Waals surface area contributed by atoms with Crippen LogP contribution in [0.5, 0.6) is 0 Å². The largest absolute Gasteiger partial charge is 0.394 e. The molecule has 0 bridgehead atoms. The number of nitrogens with one attached hydrogen (secondary N) is 3. The second-order valence-electron chi connectivity index (χ2n) is 7.45. The predicted octanol–water partition coefficient (Wildman–Crippen LogP) is 0.757. The zero-order valence-electron chi connectivity index (χ0n) is 18.2. The number of aliphatic hydroxyl groups is 1. The molecule has 3 aromatic rings. The molecule has 178 valence electrons. The first-order valence-corrected chi connectivity index (χ1v) is 12.4. The van der Waals surface area contributed by atoms with Gasteiger partial charge in [-0.3, -0.25) is 5.10 Å². The van der Waals surface area contributed by atoms with Gasteiger partial charge in [0.1, 0.15) is 11.2 Å². The molecule has 0 amide bonds. The predicted molar refractivity (Wildman–Crippen MR) is 124 cm³/mol. The molecule has 1 aromatic carbocycles. The van der Waals surface area contributed by atoms with Gasteiger partial charge in [0, 0.05) is 37.3 Å². The van der Waals surface area contributed by atoms with Gasteiger partial charge in [0.25, 0.3) is 0 Å². The molecule has 1 fully saturated rings. The molecule has 0 unspecified atom stereocenters. The second-order valence-corrected chi connectivity index (χ2v) is 9.39. The molecule has 1 aliphatic rings. The number of anilines is 4. The first-order chi connectivity index (χ1) is 16.0. The average molecular weight is 478 g/mol. The number of hydrogen-bond acceptors (Lipinski definition) is 11. The van der Waals surface area contributed by atoms with Crippen LogP contribution >= 0.6 is 0 Å². The van der Waals surface area contributed by atoms with Crippen LogP contribution in [0.2, 0.25) is 0 Å². The molecule has 4 N–H and O–H groups in total. The van der Waals surface area contributed by atoms with Gasteiger partial charge in [0.15, 0.2) is 20.5 Å². The zero-order valence-corrected chi connectivity index (χ0v) is 19.1. The van der Waals surface area contributed by atoms with Gasteiger partial charge in [-0.05, 0) is 24.3 Å². The SMILES string of the molecule is CS(=O)(=O)c1n[nH]c2nc(Nc3ccc(N4CCOCC4)cc3)nc(NCCOCCO)c12. The van der Waals surface area contributed by atoms with Crippen LogP contribution in [0.15, 0.2) is 29.3 Å². The van der Waals surface area contributed by atoms with Crippen molar-refractivity contribution in [3.63, 3.8) is 0 Å². The van der Waals surface area contributed by atoms with Crippen LogP contribution in [0.4, 0.5) is 23.1 Å². The Kier molecular flexibility index (Phi) is 7.23. The van der Waals surface area contributed by atoms with Gasteiger partial charge in [-0.15, -0.1) is 0 Å². The van der Waals surface area contributed by atoms with E-state index < -0.39 is 9.84 Å². The van der Waals surface area contributed by atoms with Gasteiger partial charge in [-0.2, -0.15) is 15.1 Å². The van der Waals surface area contributed by atoms with E-state index in [1.165, 1.54) is 0 Å². The van der Waals surface area contributed by atoms with Crippen molar-refractivity contribution in [3.05, 3.63) is 24.3 Å². The standard InChI is InChI=1S/C20H27N7O5S/c1-33(29,30)19-16-17(21-6-10-31-13-9-28)23-20(24-18(16)25-26-19)22-14-2-4-15(5-3-14)27-7-11-32-12-8-27/h2-5,28H,6-13H2,1H3,(H3,21,22,23,24,25,26). The molecular formula is C20H27N7O5S. The number of aliphatic hydroxyl groups excluding tert-OH is 1. The highest BCUT2D eigenvalue weighted by Crippen LogP contribution is 2.28. The van der Waals surface area contributed by atoms with Crippen LogP contribution in [0.25, 0.3) is 11.0 Å². The van der Waals surface area contributed by atoms with Crippen molar-refractivity contribution in [1.82, 2.24) is 20.2 Å². The quantitative estimate of drug-likeness (QED) is 0.306. The molecule has 0 atom stereocenters. The van der Waals surface area contributed by atoms with Gasteiger partial charge in [-0.1, -0.05) is 0 Å². The fraction of sp³-hybridized carbons (Fsp3) is 0.450. The van der Waals surface area contributed by atoms with Gasteiger partial charge in [0.05, 0.1) is 33.0 Å². The normalized spacial score (nSPS) is 14.5. The first-order valence-electron chi connectivity index (χ1n) is 10.5. The molecule has 1 saturated heterocycles. The minimum absolute atomic E-state index is 0.0733. The van der Waals surface area contributed by atoms with Gasteiger partial charge >= 0.3 is 0 Å². The third kappa shape index (κ3) is 5.68. The molecule has 0 aliphatic carbocycles. The number of H-pyrrole nitrogens is 1. The highest BCUT2D eigenvalue weighted by atomic mass is 32.2. The summed E-state index contributed by atoms with van der Waals surface area (Å²) >= 11 is 0. The highest BCUT2D eigenvalue weighted by Gasteiger charge is 2.22. The summed E-state index contributed by atoms with van der Waals surface area (Å²) in [4.78, 5) is 11.1. The molecule has 4 rings (SSSR count).